The van der Waals surface area contributed by atoms with Gasteiger partial charge >= 0.3 is 0 Å². The van der Waals surface area contributed by atoms with Gasteiger partial charge in [-0.2, -0.15) is 0 Å². The SMILES string of the molecule is O=S1(=O)CC[C@@H](N2CCN(Cn3nc(CN4CCCCC4)oc3=S)CC2)C1. The molecule has 3 fully saturated rings. The fourth-order valence-electron chi connectivity index (χ4n) is 4.33. The number of sulfone groups is 1. The molecule has 0 bridgehead atoms. The van der Waals surface area contributed by atoms with E-state index < -0.39 is 9.84 Å². The summed E-state index contributed by atoms with van der Waals surface area (Å²) >= 11 is 5.36. The average molecular weight is 416 g/mol. The van der Waals surface area contributed by atoms with Gasteiger partial charge in [0.05, 0.1) is 24.7 Å². The molecule has 0 radical (unpaired) electrons. The fraction of sp³-hybridized carbons (Fsp3) is 0.882. The van der Waals surface area contributed by atoms with Crippen LogP contribution < -0.4 is 0 Å². The first kappa shape index (κ1) is 19.5. The van der Waals surface area contributed by atoms with Gasteiger partial charge in [0, 0.05) is 32.2 Å². The predicted octanol–water partition coefficient (Wildman–Crippen LogP) is 0.954. The van der Waals surface area contributed by atoms with E-state index >= 15 is 0 Å². The van der Waals surface area contributed by atoms with Gasteiger partial charge in [0.15, 0.2) is 9.84 Å². The second-order valence-corrected chi connectivity index (χ2v) is 10.5. The molecule has 4 heterocycles. The topological polar surface area (TPSA) is 74.8 Å². The number of likely N-dealkylation sites (tertiary alicyclic amines) is 1. The Kier molecular flexibility index (Phi) is 5.98. The van der Waals surface area contributed by atoms with Gasteiger partial charge in [-0.05, 0) is 44.6 Å². The zero-order valence-corrected chi connectivity index (χ0v) is 17.4. The number of nitrogens with zero attached hydrogens (tertiary/aromatic N) is 5. The molecule has 0 N–H and O–H groups in total. The lowest BCUT2D eigenvalue weighted by molar-refractivity contribution is 0.0802. The van der Waals surface area contributed by atoms with Crippen LogP contribution in [0.4, 0.5) is 0 Å². The first-order chi connectivity index (χ1) is 13.0. The summed E-state index contributed by atoms with van der Waals surface area (Å²) in [5, 5.41) is 4.58. The maximum atomic E-state index is 11.7. The molecule has 0 spiro atoms. The maximum absolute atomic E-state index is 11.7. The molecule has 0 aromatic carbocycles. The van der Waals surface area contributed by atoms with Gasteiger partial charge < -0.3 is 4.42 Å². The van der Waals surface area contributed by atoms with Gasteiger partial charge in [-0.3, -0.25) is 14.7 Å². The van der Waals surface area contributed by atoms with Crippen LogP contribution in [0.5, 0.6) is 0 Å². The summed E-state index contributed by atoms with van der Waals surface area (Å²) in [6.07, 6.45) is 4.58. The van der Waals surface area contributed by atoms with Crippen LogP contribution in [0, 0.1) is 4.84 Å². The number of aromatic nitrogens is 2. The smallest absolute Gasteiger partial charge is 0.288 e. The Labute approximate surface area is 166 Å². The number of hydrogen-bond donors (Lipinski definition) is 0. The average Bonchev–Trinajstić information content (AvgIpc) is 3.18. The molecule has 0 aliphatic carbocycles. The first-order valence-electron chi connectivity index (χ1n) is 9.94. The Morgan fingerprint density at radius 3 is 2.44 bits per heavy atom. The van der Waals surface area contributed by atoms with E-state index in [1.54, 1.807) is 4.68 Å². The summed E-state index contributed by atoms with van der Waals surface area (Å²) in [5.74, 6) is 1.36. The number of piperazine rings is 1. The van der Waals surface area contributed by atoms with Gasteiger partial charge in [-0.25, -0.2) is 13.1 Å². The molecule has 0 unspecified atom stereocenters. The highest BCUT2D eigenvalue weighted by Gasteiger charge is 2.33. The highest BCUT2D eigenvalue weighted by molar-refractivity contribution is 7.91. The number of piperidine rings is 1. The molecule has 152 valence electrons. The summed E-state index contributed by atoms with van der Waals surface area (Å²) < 4.78 is 30.9. The molecule has 3 aliphatic rings. The van der Waals surface area contributed by atoms with Gasteiger partial charge in [0.2, 0.25) is 5.89 Å². The van der Waals surface area contributed by atoms with Crippen LogP contribution in [0.1, 0.15) is 31.6 Å². The predicted molar refractivity (Wildman–Crippen MR) is 105 cm³/mol. The minimum atomic E-state index is -2.82. The van der Waals surface area contributed by atoms with Crippen LogP contribution in [-0.2, 0) is 23.1 Å². The van der Waals surface area contributed by atoms with Crippen molar-refractivity contribution in [3.05, 3.63) is 10.7 Å². The summed E-state index contributed by atoms with van der Waals surface area (Å²) in [4.78, 5) is 7.45. The molecular formula is C17H29N5O3S2. The van der Waals surface area contributed by atoms with E-state index in [1.165, 1.54) is 19.3 Å². The van der Waals surface area contributed by atoms with Gasteiger partial charge in [-0.1, -0.05) is 6.42 Å². The third-order valence-electron chi connectivity index (χ3n) is 5.92. The Balaban J connectivity index is 1.28. The molecule has 3 aliphatic heterocycles. The second kappa shape index (κ2) is 8.28. The van der Waals surface area contributed by atoms with Crippen molar-refractivity contribution < 1.29 is 12.8 Å². The van der Waals surface area contributed by atoms with Crippen molar-refractivity contribution in [3.8, 4) is 0 Å². The van der Waals surface area contributed by atoms with E-state index in [0.29, 0.717) is 28.9 Å². The number of rotatable bonds is 5. The molecule has 3 saturated heterocycles. The summed E-state index contributed by atoms with van der Waals surface area (Å²) in [6, 6.07) is 0.197. The van der Waals surface area contributed by atoms with Crippen LogP contribution in [0.15, 0.2) is 4.42 Å². The Hall–Kier alpha value is -0.810. The van der Waals surface area contributed by atoms with E-state index in [1.807, 2.05) is 0 Å². The summed E-state index contributed by atoms with van der Waals surface area (Å²) in [7, 11) is -2.82. The minimum Gasteiger partial charge on any atom is -0.412 e. The Morgan fingerprint density at radius 2 is 1.78 bits per heavy atom. The third kappa shape index (κ3) is 4.97. The van der Waals surface area contributed by atoms with Crippen LogP contribution in [0.2, 0.25) is 0 Å². The lowest BCUT2D eigenvalue weighted by Crippen LogP contribution is -2.50. The minimum absolute atomic E-state index is 0.197. The number of hydrogen-bond acceptors (Lipinski definition) is 8. The van der Waals surface area contributed by atoms with E-state index in [-0.39, 0.29) is 6.04 Å². The van der Waals surface area contributed by atoms with Crippen molar-refractivity contribution in [2.75, 3.05) is 50.8 Å². The molecule has 1 aromatic rings. The molecule has 8 nitrogen and oxygen atoms in total. The van der Waals surface area contributed by atoms with Crippen molar-refractivity contribution in [2.24, 2.45) is 0 Å². The van der Waals surface area contributed by atoms with Crippen molar-refractivity contribution >= 4 is 22.1 Å². The van der Waals surface area contributed by atoms with Crippen LogP contribution >= 0.6 is 12.2 Å². The third-order valence-corrected chi connectivity index (χ3v) is 7.97. The summed E-state index contributed by atoms with van der Waals surface area (Å²) in [6.45, 7) is 7.17. The second-order valence-electron chi connectivity index (χ2n) is 7.95. The van der Waals surface area contributed by atoms with Crippen molar-refractivity contribution in [3.63, 3.8) is 0 Å². The Bertz CT molecular complexity index is 792. The normalized spacial score (nSPS) is 27.9. The molecular weight excluding hydrogens is 386 g/mol. The fourth-order valence-corrected chi connectivity index (χ4v) is 6.29. The monoisotopic (exact) mass is 415 g/mol. The molecule has 0 saturated carbocycles. The van der Waals surface area contributed by atoms with Gasteiger partial charge in [-0.15, -0.1) is 5.10 Å². The highest BCUT2D eigenvalue weighted by Crippen LogP contribution is 2.19. The van der Waals surface area contributed by atoms with Crippen LogP contribution in [0.3, 0.4) is 0 Å². The van der Waals surface area contributed by atoms with E-state index in [4.69, 9.17) is 16.6 Å². The maximum Gasteiger partial charge on any atom is 0.288 e. The molecule has 0 amide bonds. The van der Waals surface area contributed by atoms with Crippen LogP contribution in [0.25, 0.3) is 0 Å². The van der Waals surface area contributed by atoms with Crippen molar-refractivity contribution in [2.45, 2.75) is 44.9 Å². The zero-order chi connectivity index (χ0) is 18.9. The molecule has 1 atom stereocenters. The van der Waals surface area contributed by atoms with E-state index in [0.717, 1.165) is 52.2 Å². The molecule has 27 heavy (non-hydrogen) atoms. The van der Waals surface area contributed by atoms with E-state index in [2.05, 4.69) is 19.8 Å². The summed E-state index contributed by atoms with van der Waals surface area (Å²) in [5.41, 5.74) is 0. The van der Waals surface area contributed by atoms with Gasteiger partial charge in [0.1, 0.15) is 0 Å². The van der Waals surface area contributed by atoms with Crippen molar-refractivity contribution in [1.82, 2.24) is 24.5 Å². The van der Waals surface area contributed by atoms with Gasteiger partial charge in [0.25, 0.3) is 4.84 Å². The van der Waals surface area contributed by atoms with Crippen LogP contribution in [-0.4, -0.2) is 89.7 Å². The van der Waals surface area contributed by atoms with E-state index in [9.17, 15) is 8.42 Å². The molecule has 1 aromatic heterocycles. The first-order valence-corrected chi connectivity index (χ1v) is 12.2. The standard InChI is InChI=1S/C17H29N5O3S2/c23-27(24)11-4-15(13-27)21-9-7-20(8-10-21)14-22-17(26)25-16(18-22)12-19-5-2-1-3-6-19/h15H,1-14H2/t15-/m1/s1. The zero-order valence-electron chi connectivity index (χ0n) is 15.8. The van der Waals surface area contributed by atoms with Crippen molar-refractivity contribution in [1.29, 1.82) is 0 Å². The largest absolute Gasteiger partial charge is 0.412 e. The highest BCUT2D eigenvalue weighted by atomic mass is 32.2. The lowest BCUT2D eigenvalue weighted by atomic mass is 10.1. The molecule has 4 rings (SSSR count). The Morgan fingerprint density at radius 1 is 1.04 bits per heavy atom. The quantitative estimate of drug-likeness (QED) is 0.658. The molecule has 10 heteroatoms. The lowest BCUT2D eigenvalue weighted by Gasteiger charge is -2.37.